The third kappa shape index (κ3) is 2.68. The molecule has 0 aromatic heterocycles. The Bertz CT molecular complexity index is 390. The van der Waals surface area contributed by atoms with E-state index in [0.29, 0.717) is 0 Å². The molecule has 132 valence electrons. The van der Waals surface area contributed by atoms with Gasteiger partial charge in [-0.05, 0) is 59.4 Å². The third-order valence-corrected chi connectivity index (χ3v) is 14.6. The fraction of sp³-hybridized carbons (Fsp3) is 1.00. The summed E-state index contributed by atoms with van der Waals surface area (Å²) in [5.41, 5.74) is 2.31. The maximum atomic E-state index is 2.85. The summed E-state index contributed by atoms with van der Waals surface area (Å²) in [4.78, 5) is 0. The Morgan fingerprint density at radius 1 is 0.609 bits per heavy atom. The lowest BCUT2D eigenvalue weighted by Gasteiger charge is -2.47. The molecule has 0 N–H and O–H groups in total. The van der Waals surface area contributed by atoms with Crippen LogP contribution in [0.4, 0.5) is 0 Å². The van der Waals surface area contributed by atoms with Crippen LogP contribution in [0.2, 0.25) is 24.2 Å². The van der Waals surface area contributed by atoms with Gasteiger partial charge in [0.15, 0.2) is 0 Å². The molecule has 7 unspecified atom stereocenters. The van der Waals surface area contributed by atoms with Crippen LogP contribution in [0.15, 0.2) is 0 Å². The van der Waals surface area contributed by atoms with Gasteiger partial charge >= 0.3 is 0 Å². The van der Waals surface area contributed by atoms with E-state index in [2.05, 4.69) is 26.9 Å². The molecule has 4 rings (SSSR count). The van der Waals surface area contributed by atoms with Gasteiger partial charge in [0.25, 0.3) is 0 Å². The van der Waals surface area contributed by atoms with E-state index in [9.17, 15) is 0 Å². The molecule has 0 saturated heterocycles. The molecule has 8 atom stereocenters. The lowest BCUT2D eigenvalue weighted by Crippen LogP contribution is -2.46. The second-order valence-electron chi connectivity index (χ2n) is 10.7. The average molecular weight is 333 g/mol. The van der Waals surface area contributed by atoms with Crippen LogP contribution < -0.4 is 0 Å². The second kappa shape index (κ2) is 6.18. The monoisotopic (exact) mass is 332 g/mol. The van der Waals surface area contributed by atoms with E-state index in [0.717, 1.165) is 46.6 Å². The highest BCUT2D eigenvalue weighted by Gasteiger charge is 2.57. The van der Waals surface area contributed by atoms with Gasteiger partial charge < -0.3 is 0 Å². The molecule has 0 bridgehead atoms. The van der Waals surface area contributed by atoms with E-state index in [1.54, 1.807) is 51.4 Å². The third-order valence-electron chi connectivity index (χ3n) is 9.15. The van der Waals surface area contributed by atoms with Gasteiger partial charge in [0.2, 0.25) is 0 Å². The van der Waals surface area contributed by atoms with E-state index in [-0.39, 0.29) is 0 Å². The standard InChI is InChI=1S/C22H40Si/c1-15-13-17-9-5-7-11-19(17)21(15)23(3,4)22-16(2)14-18-10-6-8-12-20(18)22/h15-22H,5-14H2,1-4H3/t15-,16?,17?,18?,19?,20?,21?,22?/m1/s1. The van der Waals surface area contributed by atoms with Crippen molar-refractivity contribution >= 4 is 8.07 Å². The number of hydrogen-bond acceptors (Lipinski definition) is 0. The minimum Gasteiger partial charge on any atom is -0.0689 e. The normalized spacial score (nSPS) is 50.6. The zero-order valence-electron chi connectivity index (χ0n) is 16.2. The molecule has 0 radical (unpaired) electrons. The molecular formula is C22H40Si. The summed E-state index contributed by atoms with van der Waals surface area (Å²) >= 11 is 0. The van der Waals surface area contributed by atoms with Crippen LogP contribution >= 0.6 is 0 Å². The van der Waals surface area contributed by atoms with Gasteiger partial charge in [-0.2, -0.15) is 0 Å². The summed E-state index contributed by atoms with van der Waals surface area (Å²) in [5, 5.41) is 0. The van der Waals surface area contributed by atoms with Gasteiger partial charge in [-0.1, -0.05) is 78.3 Å². The van der Waals surface area contributed by atoms with Crippen molar-refractivity contribution in [3.63, 3.8) is 0 Å². The molecule has 0 nitrogen and oxygen atoms in total. The predicted molar refractivity (Wildman–Crippen MR) is 103 cm³/mol. The van der Waals surface area contributed by atoms with Crippen LogP contribution in [0.5, 0.6) is 0 Å². The van der Waals surface area contributed by atoms with Gasteiger partial charge in [-0.3, -0.25) is 0 Å². The zero-order chi connectivity index (χ0) is 16.2. The Hall–Kier alpha value is 0.217. The fourth-order valence-electron chi connectivity index (χ4n) is 8.89. The first kappa shape index (κ1) is 16.7. The van der Waals surface area contributed by atoms with Crippen molar-refractivity contribution in [3.05, 3.63) is 0 Å². The first-order valence-corrected chi connectivity index (χ1v) is 14.2. The van der Waals surface area contributed by atoms with E-state index < -0.39 is 8.07 Å². The van der Waals surface area contributed by atoms with Crippen LogP contribution in [0.1, 0.15) is 78.1 Å². The highest BCUT2D eigenvalue weighted by Crippen LogP contribution is 2.64. The van der Waals surface area contributed by atoms with Crippen molar-refractivity contribution in [2.75, 3.05) is 0 Å². The van der Waals surface area contributed by atoms with Gasteiger partial charge in [-0.15, -0.1) is 0 Å². The minimum atomic E-state index is -1.18. The van der Waals surface area contributed by atoms with Crippen molar-refractivity contribution in [2.45, 2.75) is 102 Å². The molecule has 0 spiro atoms. The molecule has 1 heteroatoms. The van der Waals surface area contributed by atoms with Crippen LogP contribution in [0, 0.1) is 35.5 Å². The Kier molecular flexibility index (Phi) is 4.48. The van der Waals surface area contributed by atoms with Gasteiger partial charge in [0.1, 0.15) is 0 Å². The number of rotatable bonds is 2. The lowest BCUT2D eigenvalue weighted by atomic mass is 9.81. The second-order valence-corrected chi connectivity index (χ2v) is 15.7. The first-order chi connectivity index (χ1) is 11.0. The Morgan fingerprint density at radius 2 is 1.00 bits per heavy atom. The summed E-state index contributed by atoms with van der Waals surface area (Å²) in [7, 11) is -1.18. The van der Waals surface area contributed by atoms with Crippen molar-refractivity contribution in [2.24, 2.45) is 35.5 Å². The lowest BCUT2D eigenvalue weighted by molar-refractivity contribution is 0.262. The SMILES string of the molecule is CC1CC2CCCCC2C1[Si](C)(C)C1C2CCCCC2C[C@H]1C. The molecule has 4 saturated carbocycles. The highest BCUT2D eigenvalue weighted by atomic mass is 28.3. The molecular weight excluding hydrogens is 292 g/mol. The van der Waals surface area contributed by atoms with Gasteiger partial charge in [-0.25, -0.2) is 0 Å². The van der Waals surface area contributed by atoms with Crippen LogP contribution in [-0.2, 0) is 0 Å². The Morgan fingerprint density at radius 3 is 1.43 bits per heavy atom. The van der Waals surface area contributed by atoms with E-state index in [4.69, 9.17) is 0 Å². The van der Waals surface area contributed by atoms with Gasteiger partial charge in [0.05, 0.1) is 8.07 Å². The van der Waals surface area contributed by atoms with E-state index >= 15 is 0 Å². The summed E-state index contributed by atoms with van der Waals surface area (Å²) < 4.78 is 0. The summed E-state index contributed by atoms with van der Waals surface area (Å²) in [6, 6.07) is 0. The van der Waals surface area contributed by atoms with Gasteiger partial charge in [0, 0.05) is 0 Å². The van der Waals surface area contributed by atoms with Crippen LogP contribution in [0.3, 0.4) is 0 Å². The maximum absolute atomic E-state index is 2.85. The van der Waals surface area contributed by atoms with Crippen molar-refractivity contribution in [1.82, 2.24) is 0 Å². The zero-order valence-corrected chi connectivity index (χ0v) is 17.2. The first-order valence-electron chi connectivity index (χ1n) is 11.0. The Labute approximate surface area is 146 Å². The Balaban J connectivity index is 1.61. The topological polar surface area (TPSA) is 0 Å². The smallest absolute Gasteiger partial charge is 0.0546 e. The average Bonchev–Trinajstić information content (AvgIpc) is 3.02. The molecule has 0 amide bonds. The summed E-state index contributed by atoms with van der Waals surface area (Å²) in [6.07, 6.45) is 15.6. The van der Waals surface area contributed by atoms with Crippen molar-refractivity contribution in [3.8, 4) is 0 Å². The maximum Gasteiger partial charge on any atom is 0.0546 e. The summed E-state index contributed by atoms with van der Waals surface area (Å²) in [6.45, 7) is 11.0. The van der Waals surface area contributed by atoms with Crippen LogP contribution in [0.25, 0.3) is 0 Å². The fourth-order valence-corrected chi connectivity index (χ4v) is 15.6. The number of fused-ring (bicyclic) bond motifs is 2. The highest BCUT2D eigenvalue weighted by molar-refractivity contribution is 6.80. The molecule has 0 aliphatic heterocycles. The number of hydrogen-bond donors (Lipinski definition) is 0. The molecule has 23 heavy (non-hydrogen) atoms. The predicted octanol–water partition coefficient (Wildman–Crippen LogP) is 7.13. The molecule has 0 aromatic rings. The van der Waals surface area contributed by atoms with Crippen LogP contribution in [-0.4, -0.2) is 8.07 Å². The van der Waals surface area contributed by atoms with Crippen molar-refractivity contribution in [1.29, 1.82) is 0 Å². The minimum absolute atomic E-state index is 1.04. The molecule has 4 aliphatic carbocycles. The summed E-state index contributed by atoms with van der Waals surface area (Å²) in [5.74, 6) is 6.59. The van der Waals surface area contributed by atoms with E-state index in [1.807, 2.05) is 0 Å². The largest absolute Gasteiger partial charge is 0.0689 e. The molecule has 4 aliphatic rings. The molecule has 0 aromatic carbocycles. The molecule has 4 fully saturated rings. The molecule has 0 heterocycles. The quantitative estimate of drug-likeness (QED) is 0.472. The van der Waals surface area contributed by atoms with Crippen molar-refractivity contribution < 1.29 is 0 Å². The van der Waals surface area contributed by atoms with E-state index in [1.165, 1.54) is 12.8 Å².